The fourth-order valence-electron chi connectivity index (χ4n) is 0.917. The number of aromatic amines is 1. The summed E-state index contributed by atoms with van der Waals surface area (Å²) < 4.78 is 0. The zero-order chi connectivity index (χ0) is 8.65. The molecule has 1 rings (SSSR count). The minimum atomic E-state index is 0.789. The maximum absolute atomic E-state index is 5.11. The first-order chi connectivity index (χ1) is 5.93. The van der Waals surface area contributed by atoms with Crippen LogP contribution in [0.2, 0.25) is 0 Å². The lowest BCUT2D eigenvalue weighted by molar-refractivity contribution is 0.641. The smallest absolute Gasteiger partial charge is 0.120 e. The van der Waals surface area contributed by atoms with E-state index in [4.69, 9.17) is 6.42 Å². The van der Waals surface area contributed by atoms with Crippen molar-refractivity contribution in [3.8, 4) is 12.3 Å². The average molecular weight is 163 g/mol. The molecule has 0 radical (unpaired) electrons. The summed E-state index contributed by atoms with van der Waals surface area (Å²) in [6.07, 6.45) is 10.5. The SMILES string of the molecule is C#CCCCNCc1ncc[nH]1. The third-order valence-electron chi connectivity index (χ3n) is 1.52. The Morgan fingerprint density at radius 3 is 3.25 bits per heavy atom. The quantitative estimate of drug-likeness (QED) is 0.500. The van der Waals surface area contributed by atoms with Crippen molar-refractivity contribution in [3.05, 3.63) is 18.2 Å². The monoisotopic (exact) mass is 163 g/mol. The summed E-state index contributed by atoms with van der Waals surface area (Å²) in [6, 6.07) is 0. The van der Waals surface area contributed by atoms with Gasteiger partial charge in [-0.25, -0.2) is 4.98 Å². The highest BCUT2D eigenvalue weighted by molar-refractivity contribution is 4.86. The molecule has 64 valence electrons. The van der Waals surface area contributed by atoms with Crippen LogP contribution in [0.3, 0.4) is 0 Å². The van der Waals surface area contributed by atoms with Gasteiger partial charge in [-0.05, 0) is 13.0 Å². The maximum Gasteiger partial charge on any atom is 0.120 e. The standard InChI is InChI=1S/C9H13N3/c1-2-3-4-5-10-8-9-11-6-7-12-9/h1,6-7,10H,3-5,8H2,(H,11,12). The molecule has 2 N–H and O–H groups in total. The van der Waals surface area contributed by atoms with Crippen molar-refractivity contribution in [2.75, 3.05) is 6.54 Å². The lowest BCUT2D eigenvalue weighted by atomic mass is 10.3. The molecule has 0 atom stereocenters. The minimum Gasteiger partial charge on any atom is -0.348 e. The van der Waals surface area contributed by atoms with Gasteiger partial charge in [0.2, 0.25) is 0 Å². The van der Waals surface area contributed by atoms with Crippen molar-refractivity contribution < 1.29 is 0 Å². The van der Waals surface area contributed by atoms with E-state index >= 15 is 0 Å². The Morgan fingerprint density at radius 2 is 2.58 bits per heavy atom. The van der Waals surface area contributed by atoms with E-state index in [1.54, 1.807) is 6.20 Å². The van der Waals surface area contributed by atoms with Crippen molar-refractivity contribution in [1.82, 2.24) is 15.3 Å². The second-order valence-corrected chi connectivity index (χ2v) is 2.52. The number of H-pyrrole nitrogens is 1. The van der Waals surface area contributed by atoms with Gasteiger partial charge in [0.25, 0.3) is 0 Å². The van der Waals surface area contributed by atoms with Crippen molar-refractivity contribution in [2.24, 2.45) is 0 Å². The molecular weight excluding hydrogens is 150 g/mol. The lowest BCUT2D eigenvalue weighted by Gasteiger charge is -1.99. The van der Waals surface area contributed by atoms with Gasteiger partial charge in [0.05, 0.1) is 6.54 Å². The van der Waals surface area contributed by atoms with E-state index in [-0.39, 0.29) is 0 Å². The molecule has 0 fully saturated rings. The van der Waals surface area contributed by atoms with Gasteiger partial charge < -0.3 is 10.3 Å². The summed E-state index contributed by atoms with van der Waals surface area (Å²) in [5, 5.41) is 3.23. The van der Waals surface area contributed by atoms with Gasteiger partial charge in [0, 0.05) is 18.8 Å². The summed E-state index contributed by atoms with van der Waals surface area (Å²) in [4.78, 5) is 7.09. The predicted octanol–water partition coefficient (Wildman–Crippen LogP) is 0.913. The Labute approximate surface area is 72.6 Å². The Morgan fingerprint density at radius 1 is 1.67 bits per heavy atom. The maximum atomic E-state index is 5.11. The van der Waals surface area contributed by atoms with Crippen molar-refractivity contribution in [2.45, 2.75) is 19.4 Å². The zero-order valence-corrected chi connectivity index (χ0v) is 7.01. The van der Waals surface area contributed by atoms with E-state index in [1.807, 2.05) is 6.20 Å². The normalized spacial score (nSPS) is 9.58. The second kappa shape index (κ2) is 5.39. The molecule has 0 bridgehead atoms. The number of imidazole rings is 1. The number of unbranched alkanes of at least 4 members (excludes halogenated alkanes) is 1. The highest BCUT2D eigenvalue weighted by Crippen LogP contribution is 1.88. The number of nitrogens with zero attached hydrogens (tertiary/aromatic N) is 1. The molecule has 0 unspecified atom stereocenters. The highest BCUT2D eigenvalue weighted by Gasteiger charge is 1.91. The summed E-state index contributed by atoms with van der Waals surface area (Å²) >= 11 is 0. The molecule has 0 spiro atoms. The zero-order valence-electron chi connectivity index (χ0n) is 7.01. The van der Waals surface area contributed by atoms with E-state index < -0.39 is 0 Å². The van der Waals surface area contributed by atoms with Crippen LogP contribution in [0.25, 0.3) is 0 Å². The Kier molecular flexibility index (Phi) is 3.96. The summed E-state index contributed by atoms with van der Waals surface area (Å²) in [5.74, 6) is 3.57. The molecule has 1 aromatic heterocycles. The van der Waals surface area contributed by atoms with Crippen LogP contribution in [0.4, 0.5) is 0 Å². The van der Waals surface area contributed by atoms with E-state index in [9.17, 15) is 0 Å². The molecule has 0 saturated heterocycles. The molecule has 0 saturated carbocycles. The number of hydrogen-bond acceptors (Lipinski definition) is 2. The van der Waals surface area contributed by atoms with Crippen LogP contribution < -0.4 is 5.32 Å². The fourth-order valence-corrected chi connectivity index (χ4v) is 0.917. The van der Waals surface area contributed by atoms with Crippen molar-refractivity contribution in [1.29, 1.82) is 0 Å². The van der Waals surface area contributed by atoms with Crippen LogP contribution in [-0.4, -0.2) is 16.5 Å². The topological polar surface area (TPSA) is 40.7 Å². The van der Waals surface area contributed by atoms with Gasteiger partial charge >= 0.3 is 0 Å². The molecule has 1 aromatic rings. The summed E-state index contributed by atoms with van der Waals surface area (Å²) in [7, 11) is 0. The molecule has 0 amide bonds. The molecule has 12 heavy (non-hydrogen) atoms. The number of hydrogen-bond donors (Lipinski definition) is 2. The average Bonchev–Trinajstić information content (AvgIpc) is 2.57. The first-order valence-corrected chi connectivity index (χ1v) is 4.06. The van der Waals surface area contributed by atoms with Gasteiger partial charge in [-0.2, -0.15) is 0 Å². The van der Waals surface area contributed by atoms with Gasteiger partial charge in [0.15, 0.2) is 0 Å². The summed E-state index contributed by atoms with van der Waals surface area (Å²) in [6.45, 7) is 1.74. The lowest BCUT2D eigenvalue weighted by Crippen LogP contribution is -2.15. The van der Waals surface area contributed by atoms with Gasteiger partial charge in [-0.3, -0.25) is 0 Å². The first-order valence-electron chi connectivity index (χ1n) is 4.06. The molecule has 3 heteroatoms. The Hall–Kier alpha value is -1.27. The van der Waals surface area contributed by atoms with E-state index in [2.05, 4.69) is 21.2 Å². The van der Waals surface area contributed by atoms with Crippen LogP contribution >= 0.6 is 0 Å². The van der Waals surface area contributed by atoms with Crippen LogP contribution in [-0.2, 0) is 6.54 Å². The predicted molar refractivity (Wildman–Crippen MR) is 48.4 cm³/mol. The number of aromatic nitrogens is 2. The molecular formula is C9H13N3. The van der Waals surface area contributed by atoms with Crippen LogP contribution in [0.1, 0.15) is 18.7 Å². The van der Waals surface area contributed by atoms with Gasteiger partial charge in [-0.15, -0.1) is 12.3 Å². The second-order valence-electron chi connectivity index (χ2n) is 2.52. The van der Waals surface area contributed by atoms with Crippen LogP contribution in [0.15, 0.2) is 12.4 Å². The molecule has 0 aliphatic heterocycles. The van der Waals surface area contributed by atoms with Crippen molar-refractivity contribution >= 4 is 0 Å². The minimum absolute atomic E-state index is 0.789. The van der Waals surface area contributed by atoms with Gasteiger partial charge in [0.1, 0.15) is 5.82 Å². The molecule has 1 heterocycles. The number of rotatable bonds is 5. The van der Waals surface area contributed by atoms with E-state index in [0.29, 0.717) is 0 Å². The van der Waals surface area contributed by atoms with Gasteiger partial charge in [-0.1, -0.05) is 0 Å². The third kappa shape index (κ3) is 3.22. The summed E-state index contributed by atoms with van der Waals surface area (Å²) in [5.41, 5.74) is 0. The molecule has 0 aliphatic rings. The largest absolute Gasteiger partial charge is 0.348 e. The molecule has 0 aliphatic carbocycles. The van der Waals surface area contributed by atoms with E-state index in [0.717, 1.165) is 31.8 Å². The van der Waals surface area contributed by atoms with E-state index in [1.165, 1.54) is 0 Å². The Bertz CT molecular complexity index is 233. The van der Waals surface area contributed by atoms with Crippen LogP contribution in [0, 0.1) is 12.3 Å². The number of nitrogens with one attached hydrogen (secondary N) is 2. The third-order valence-corrected chi connectivity index (χ3v) is 1.52. The Balaban J connectivity index is 2.01. The van der Waals surface area contributed by atoms with Crippen LogP contribution in [0.5, 0.6) is 0 Å². The fraction of sp³-hybridized carbons (Fsp3) is 0.444. The van der Waals surface area contributed by atoms with Crippen molar-refractivity contribution in [3.63, 3.8) is 0 Å². The first kappa shape index (κ1) is 8.82. The highest BCUT2D eigenvalue weighted by atomic mass is 15.0. The number of terminal acetylenes is 1. The molecule has 0 aromatic carbocycles. The molecule has 3 nitrogen and oxygen atoms in total.